The molecule has 1 aromatic heterocycles. The SMILES string of the molecule is COC(=O)c1cccc(N)c1Nc1cnccc1C. The Morgan fingerprint density at radius 1 is 1.37 bits per heavy atom. The number of ether oxygens (including phenoxy) is 1. The highest BCUT2D eigenvalue weighted by Gasteiger charge is 2.14. The summed E-state index contributed by atoms with van der Waals surface area (Å²) in [7, 11) is 1.34. The van der Waals surface area contributed by atoms with Gasteiger partial charge < -0.3 is 15.8 Å². The number of carbonyl (C=O) groups is 1. The number of esters is 1. The number of rotatable bonds is 3. The summed E-state index contributed by atoms with van der Waals surface area (Å²) in [5, 5.41) is 3.14. The molecule has 0 unspecified atom stereocenters. The Bertz CT molecular complexity index is 611. The Balaban J connectivity index is 2.45. The van der Waals surface area contributed by atoms with Gasteiger partial charge in [-0.15, -0.1) is 0 Å². The summed E-state index contributed by atoms with van der Waals surface area (Å²) in [5.41, 5.74) is 9.13. The zero-order valence-electron chi connectivity index (χ0n) is 10.8. The molecule has 5 heteroatoms. The van der Waals surface area contributed by atoms with Crippen molar-refractivity contribution in [2.24, 2.45) is 0 Å². The number of hydrogen-bond acceptors (Lipinski definition) is 5. The fourth-order valence-electron chi connectivity index (χ4n) is 1.72. The normalized spacial score (nSPS) is 10.0. The van der Waals surface area contributed by atoms with E-state index in [4.69, 9.17) is 10.5 Å². The number of nitrogen functional groups attached to an aromatic ring is 1. The van der Waals surface area contributed by atoms with E-state index in [0.29, 0.717) is 16.9 Å². The topological polar surface area (TPSA) is 77.2 Å². The summed E-state index contributed by atoms with van der Waals surface area (Å²) < 4.78 is 4.75. The molecule has 0 bridgehead atoms. The summed E-state index contributed by atoms with van der Waals surface area (Å²) in [4.78, 5) is 15.8. The fraction of sp³-hybridized carbons (Fsp3) is 0.143. The van der Waals surface area contributed by atoms with Crippen molar-refractivity contribution in [3.63, 3.8) is 0 Å². The molecule has 1 heterocycles. The van der Waals surface area contributed by atoms with Crippen LogP contribution in [0.3, 0.4) is 0 Å². The largest absolute Gasteiger partial charge is 0.465 e. The first-order valence-electron chi connectivity index (χ1n) is 5.78. The van der Waals surface area contributed by atoms with Gasteiger partial charge in [0.05, 0.1) is 35.9 Å². The van der Waals surface area contributed by atoms with Gasteiger partial charge in [-0.25, -0.2) is 4.79 Å². The van der Waals surface area contributed by atoms with Crippen molar-refractivity contribution in [1.29, 1.82) is 0 Å². The number of anilines is 3. The summed E-state index contributed by atoms with van der Waals surface area (Å²) in [5.74, 6) is -0.434. The van der Waals surface area contributed by atoms with Gasteiger partial charge in [-0.05, 0) is 30.7 Å². The Morgan fingerprint density at radius 3 is 2.84 bits per heavy atom. The van der Waals surface area contributed by atoms with Gasteiger partial charge in [-0.3, -0.25) is 4.98 Å². The minimum atomic E-state index is -0.434. The Labute approximate surface area is 111 Å². The first-order chi connectivity index (χ1) is 9.13. The van der Waals surface area contributed by atoms with Crippen molar-refractivity contribution in [2.75, 3.05) is 18.2 Å². The zero-order chi connectivity index (χ0) is 13.8. The average molecular weight is 257 g/mol. The summed E-state index contributed by atoms with van der Waals surface area (Å²) in [6.07, 6.45) is 3.39. The van der Waals surface area contributed by atoms with E-state index in [1.54, 1.807) is 30.6 Å². The van der Waals surface area contributed by atoms with Crippen molar-refractivity contribution < 1.29 is 9.53 Å². The smallest absolute Gasteiger partial charge is 0.340 e. The van der Waals surface area contributed by atoms with E-state index in [-0.39, 0.29) is 0 Å². The second-order valence-corrected chi connectivity index (χ2v) is 4.08. The lowest BCUT2D eigenvalue weighted by Gasteiger charge is -2.14. The average Bonchev–Trinajstić information content (AvgIpc) is 2.42. The van der Waals surface area contributed by atoms with Crippen LogP contribution in [0, 0.1) is 6.92 Å². The van der Waals surface area contributed by atoms with Crippen molar-refractivity contribution in [3.05, 3.63) is 47.8 Å². The summed E-state index contributed by atoms with van der Waals surface area (Å²) in [6.45, 7) is 1.95. The van der Waals surface area contributed by atoms with E-state index in [2.05, 4.69) is 10.3 Å². The number of methoxy groups -OCH3 is 1. The molecule has 2 rings (SSSR count). The molecule has 0 aliphatic heterocycles. The molecule has 0 fully saturated rings. The Kier molecular flexibility index (Phi) is 3.66. The van der Waals surface area contributed by atoms with Crippen LogP contribution in [0.1, 0.15) is 15.9 Å². The van der Waals surface area contributed by atoms with Crippen LogP contribution in [0.2, 0.25) is 0 Å². The number of aryl methyl sites for hydroxylation is 1. The third kappa shape index (κ3) is 2.65. The van der Waals surface area contributed by atoms with Crippen LogP contribution in [0.25, 0.3) is 0 Å². The lowest BCUT2D eigenvalue weighted by molar-refractivity contribution is 0.0602. The molecule has 98 valence electrons. The van der Waals surface area contributed by atoms with Gasteiger partial charge in [0.2, 0.25) is 0 Å². The van der Waals surface area contributed by atoms with Crippen LogP contribution in [0.15, 0.2) is 36.7 Å². The molecule has 0 atom stereocenters. The number of benzene rings is 1. The third-order valence-corrected chi connectivity index (χ3v) is 2.80. The molecule has 0 saturated heterocycles. The van der Waals surface area contributed by atoms with Crippen LogP contribution < -0.4 is 11.1 Å². The maximum absolute atomic E-state index is 11.7. The summed E-state index contributed by atoms with van der Waals surface area (Å²) in [6, 6.07) is 6.97. The second kappa shape index (κ2) is 5.39. The number of pyridine rings is 1. The molecule has 5 nitrogen and oxygen atoms in total. The number of para-hydroxylation sites is 1. The number of nitrogens with two attached hydrogens (primary N) is 1. The van der Waals surface area contributed by atoms with Crippen LogP contribution in [-0.2, 0) is 4.74 Å². The predicted molar refractivity (Wildman–Crippen MR) is 74.5 cm³/mol. The molecular formula is C14H15N3O2. The fourth-order valence-corrected chi connectivity index (χ4v) is 1.72. The highest BCUT2D eigenvalue weighted by atomic mass is 16.5. The molecule has 0 aliphatic carbocycles. The van der Waals surface area contributed by atoms with Gasteiger partial charge in [-0.1, -0.05) is 6.07 Å². The molecule has 2 aromatic rings. The van der Waals surface area contributed by atoms with Crippen molar-refractivity contribution in [1.82, 2.24) is 4.98 Å². The second-order valence-electron chi connectivity index (χ2n) is 4.08. The number of nitrogens with one attached hydrogen (secondary N) is 1. The molecule has 1 aromatic carbocycles. The molecule has 3 N–H and O–H groups in total. The minimum absolute atomic E-state index is 0.394. The monoisotopic (exact) mass is 257 g/mol. The van der Waals surface area contributed by atoms with Gasteiger partial charge in [0.25, 0.3) is 0 Å². The highest BCUT2D eigenvalue weighted by Crippen LogP contribution is 2.28. The van der Waals surface area contributed by atoms with E-state index in [1.165, 1.54) is 7.11 Å². The molecule has 0 aliphatic rings. The molecule has 0 amide bonds. The Hall–Kier alpha value is -2.56. The number of carbonyl (C=O) groups excluding carboxylic acids is 1. The van der Waals surface area contributed by atoms with E-state index < -0.39 is 5.97 Å². The zero-order valence-corrected chi connectivity index (χ0v) is 10.8. The van der Waals surface area contributed by atoms with Crippen LogP contribution in [0.4, 0.5) is 17.1 Å². The molecule has 0 radical (unpaired) electrons. The van der Waals surface area contributed by atoms with Crippen LogP contribution >= 0.6 is 0 Å². The standard InChI is InChI=1S/C14H15N3O2/c1-9-6-7-16-8-12(9)17-13-10(14(18)19-2)4-3-5-11(13)15/h3-8,17H,15H2,1-2H3. The summed E-state index contributed by atoms with van der Waals surface area (Å²) >= 11 is 0. The van der Waals surface area contributed by atoms with E-state index in [1.807, 2.05) is 13.0 Å². The van der Waals surface area contributed by atoms with Gasteiger partial charge in [-0.2, -0.15) is 0 Å². The quantitative estimate of drug-likeness (QED) is 0.652. The van der Waals surface area contributed by atoms with Gasteiger partial charge >= 0.3 is 5.97 Å². The van der Waals surface area contributed by atoms with Gasteiger partial charge in [0, 0.05) is 6.20 Å². The minimum Gasteiger partial charge on any atom is -0.465 e. The first kappa shape index (κ1) is 12.9. The molecule has 0 saturated carbocycles. The maximum Gasteiger partial charge on any atom is 0.340 e. The van der Waals surface area contributed by atoms with Crippen molar-refractivity contribution >= 4 is 23.0 Å². The lowest BCUT2D eigenvalue weighted by atomic mass is 10.1. The highest BCUT2D eigenvalue weighted by molar-refractivity contribution is 5.99. The predicted octanol–water partition coefficient (Wildman–Crippen LogP) is 2.50. The number of nitrogens with zero attached hydrogens (tertiary/aromatic N) is 1. The molecular weight excluding hydrogens is 242 g/mol. The molecule has 0 spiro atoms. The van der Waals surface area contributed by atoms with Gasteiger partial charge in [0.15, 0.2) is 0 Å². The lowest BCUT2D eigenvalue weighted by Crippen LogP contribution is -2.08. The van der Waals surface area contributed by atoms with Crippen molar-refractivity contribution in [2.45, 2.75) is 6.92 Å². The van der Waals surface area contributed by atoms with E-state index in [0.717, 1.165) is 11.3 Å². The van der Waals surface area contributed by atoms with Crippen LogP contribution in [0.5, 0.6) is 0 Å². The maximum atomic E-state index is 11.7. The van der Waals surface area contributed by atoms with Gasteiger partial charge in [0.1, 0.15) is 0 Å². The van der Waals surface area contributed by atoms with Crippen LogP contribution in [-0.4, -0.2) is 18.1 Å². The van der Waals surface area contributed by atoms with Crippen molar-refractivity contribution in [3.8, 4) is 0 Å². The third-order valence-electron chi connectivity index (χ3n) is 2.80. The first-order valence-corrected chi connectivity index (χ1v) is 5.78. The molecule has 19 heavy (non-hydrogen) atoms. The number of aromatic nitrogens is 1. The number of hydrogen-bond donors (Lipinski definition) is 2. The van der Waals surface area contributed by atoms with E-state index >= 15 is 0 Å². The Morgan fingerprint density at radius 2 is 2.16 bits per heavy atom. The van der Waals surface area contributed by atoms with E-state index in [9.17, 15) is 4.79 Å².